The van der Waals surface area contributed by atoms with Crippen molar-refractivity contribution in [1.82, 2.24) is 5.32 Å². The molecule has 0 radical (unpaired) electrons. The molecule has 112 valence electrons. The van der Waals surface area contributed by atoms with Gasteiger partial charge < -0.3 is 5.32 Å². The summed E-state index contributed by atoms with van der Waals surface area (Å²) in [6.45, 7) is 7.97. The van der Waals surface area contributed by atoms with E-state index in [-0.39, 0.29) is 5.82 Å². The average molecular weight is 303 g/mol. The third-order valence-electron chi connectivity index (χ3n) is 3.46. The van der Waals surface area contributed by atoms with Gasteiger partial charge in [0.05, 0.1) is 0 Å². The number of hydrogen-bond acceptors (Lipinski definition) is 2. The van der Waals surface area contributed by atoms with Crippen molar-refractivity contribution in [3.8, 4) is 0 Å². The molecule has 3 heteroatoms. The Morgan fingerprint density at radius 2 is 1.86 bits per heavy atom. The number of hydrogen-bond donors (Lipinski definition) is 1. The van der Waals surface area contributed by atoms with E-state index in [4.69, 9.17) is 0 Å². The molecule has 2 aromatic carbocycles. The van der Waals surface area contributed by atoms with E-state index < -0.39 is 0 Å². The summed E-state index contributed by atoms with van der Waals surface area (Å²) in [6.07, 6.45) is 1.09. The van der Waals surface area contributed by atoms with Gasteiger partial charge in [0.25, 0.3) is 0 Å². The van der Waals surface area contributed by atoms with Crippen molar-refractivity contribution in [2.24, 2.45) is 0 Å². The van der Waals surface area contributed by atoms with E-state index in [0.29, 0.717) is 4.90 Å². The van der Waals surface area contributed by atoms with Crippen LogP contribution in [0, 0.1) is 19.7 Å². The molecule has 0 fully saturated rings. The van der Waals surface area contributed by atoms with Gasteiger partial charge >= 0.3 is 0 Å². The van der Waals surface area contributed by atoms with Crippen molar-refractivity contribution < 1.29 is 4.39 Å². The molecule has 1 N–H and O–H groups in total. The summed E-state index contributed by atoms with van der Waals surface area (Å²) in [5.41, 5.74) is 3.49. The van der Waals surface area contributed by atoms with E-state index in [1.54, 1.807) is 6.07 Å². The minimum atomic E-state index is -0.144. The zero-order valence-corrected chi connectivity index (χ0v) is 13.7. The van der Waals surface area contributed by atoms with Crippen LogP contribution in [0.2, 0.25) is 0 Å². The molecule has 0 aliphatic carbocycles. The number of halogens is 1. The maximum atomic E-state index is 14.2. The third-order valence-corrected chi connectivity index (χ3v) is 4.50. The smallest absolute Gasteiger partial charge is 0.137 e. The van der Waals surface area contributed by atoms with Crippen LogP contribution in [0.1, 0.15) is 30.0 Å². The second-order valence-corrected chi connectivity index (χ2v) is 6.41. The average Bonchev–Trinajstić information content (AvgIpc) is 2.46. The highest BCUT2D eigenvalue weighted by atomic mass is 32.2. The Morgan fingerprint density at radius 3 is 2.52 bits per heavy atom. The second-order valence-electron chi connectivity index (χ2n) is 5.29. The fourth-order valence-electron chi connectivity index (χ4n) is 2.05. The Balaban J connectivity index is 2.08. The lowest BCUT2D eigenvalue weighted by molar-refractivity contribution is 0.595. The summed E-state index contributed by atoms with van der Waals surface area (Å²) >= 11 is 1.48. The fourth-order valence-corrected chi connectivity index (χ4v) is 2.97. The van der Waals surface area contributed by atoms with Gasteiger partial charge in [-0.2, -0.15) is 0 Å². The van der Waals surface area contributed by atoms with Gasteiger partial charge in [-0.3, -0.25) is 0 Å². The predicted molar refractivity (Wildman–Crippen MR) is 88.4 cm³/mol. The van der Waals surface area contributed by atoms with E-state index in [2.05, 4.69) is 38.2 Å². The summed E-state index contributed by atoms with van der Waals surface area (Å²) in [4.78, 5) is 1.76. The molecule has 0 atom stereocenters. The first-order valence-electron chi connectivity index (χ1n) is 7.34. The molecular formula is C18H22FNS. The summed E-state index contributed by atoms with van der Waals surface area (Å²) in [5, 5.41) is 3.29. The first kappa shape index (κ1) is 16.1. The summed E-state index contributed by atoms with van der Waals surface area (Å²) in [6, 6.07) is 11.7. The number of nitrogens with one attached hydrogen (secondary N) is 1. The van der Waals surface area contributed by atoms with Gasteiger partial charge in [0.15, 0.2) is 0 Å². The Morgan fingerprint density at radius 1 is 1.05 bits per heavy atom. The van der Waals surface area contributed by atoms with Crippen molar-refractivity contribution in [2.75, 3.05) is 6.54 Å². The lowest BCUT2D eigenvalue weighted by Gasteiger charge is -2.08. The molecule has 2 rings (SSSR count). The van der Waals surface area contributed by atoms with Gasteiger partial charge in [-0.1, -0.05) is 30.8 Å². The SMILES string of the molecule is CCCNCc1ccc(Sc2ccc(C)c(C)c2)c(F)c1. The summed E-state index contributed by atoms with van der Waals surface area (Å²) < 4.78 is 14.2. The molecule has 21 heavy (non-hydrogen) atoms. The Kier molecular flexibility index (Phi) is 5.83. The van der Waals surface area contributed by atoms with Gasteiger partial charge in [0, 0.05) is 16.3 Å². The zero-order chi connectivity index (χ0) is 15.2. The monoisotopic (exact) mass is 303 g/mol. The lowest BCUT2D eigenvalue weighted by atomic mass is 10.1. The molecule has 0 aliphatic rings. The van der Waals surface area contributed by atoms with E-state index in [9.17, 15) is 4.39 Å². The topological polar surface area (TPSA) is 12.0 Å². The standard InChI is InChI=1S/C18H22FNS/c1-4-9-20-12-15-6-8-18(17(19)11-15)21-16-7-5-13(2)14(3)10-16/h5-8,10-11,20H,4,9,12H2,1-3H3. The van der Waals surface area contributed by atoms with Gasteiger partial charge in [0.1, 0.15) is 5.82 Å². The predicted octanol–water partition coefficient (Wildman–Crippen LogP) is 5.09. The van der Waals surface area contributed by atoms with Gasteiger partial charge in [-0.05, 0) is 67.8 Å². The molecule has 0 saturated carbocycles. The van der Waals surface area contributed by atoms with Crippen molar-refractivity contribution >= 4 is 11.8 Å². The van der Waals surface area contributed by atoms with Crippen LogP contribution in [0.4, 0.5) is 4.39 Å². The number of rotatable bonds is 6. The first-order chi connectivity index (χ1) is 10.1. The lowest BCUT2D eigenvalue weighted by Crippen LogP contribution is -2.13. The maximum Gasteiger partial charge on any atom is 0.137 e. The molecule has 0 unspecified atom stereocenters. The van der Waals surface area contributed by atoms with Crippen LogP contribution in [-0.4, -0.2) is 6.54 Å². The zero-order valence-electron chi connectivity index (χ0n) is 12.9. The van der Waals surface area contributed by atoms with Crippen LogP contribution in [0.3, 0.4) is 0 Å². The normalized spacial score (nSPS) is 10.9. The van der Waals surface area contributed by atoms with E-state index >= 15 is 0 Å². The highest BCUT2D eigenvalue weighted by Gasteiger charge is 2.06. The second kappa shape index (κ2) is 7.62. The molecule has 1 nitrogen and oxygen atoms in total. The summed E-state index contributed by atoms with van der Waals surface area (Å²) in [5.74, 6) is -0.144. The molecule has 0 saturated heterocycles. The number of aryl methyl sites for hydroxylation is 2. The van der Waals surface area contributed by atoms with Crippen molar-refractivity contribution in [3.63, 3.8) is 0 Å². The van der Waals surface area contributed by atoms with Crippen LogP contribution in [0.5, 0.6) is 0 Å². The van der Waals surface area contributed by atoms with Crippen molar-refractivity contribution in [1.29, 1.82) is 0 Å². The highest BCUT2D eigenvalue weighted by Crippen LogP contribution is 2.31. The first-order valence-corrected chi connectivity index (χ1v) is 8.16. The van der Waals surface area contributed by atoms with E-state index in [0.717, 1.165) is 30.0 Å². The third kappa shape index (κ3) is 4.58. The fraction of sp³-hybridized carbons (Fsp3) is 0.333. The molecule has 0 amide bonds. The molecule has 2 aromatic rings. The minimum absolute atomic E-state index is 0.144. The molecular weight excluding hydrogens is 281 g/mol. The molecule has 0 aromatic heterocycles. The van der Waals surface area contributed by atoms with Crippen molar-refractivity contribution in [3.05, 3.63) is 58.9 Å². The van der Waals surface area contributed by atoms with Gasteiger partial charge in [0.2, 0.25) is 0 Å². The largest absolute Gasteiger partial charge is 0.313 e. The quantitative estimate of drug-likeness (QED) is 0.746. The minimum Gasteiger partial charge on any atom is -0.313 e. The molecule has 0 aliphatic heterocycles. The molecule has 0 heterocycles. The molecule has 0 bridgehead atoms. The van der Waals surface area contributed by atoms with E-state index in [1.807, 2.05) is 18.2 Å². The van der Waals surface area contributed by atoms with Crippen LogP contribution >= 0.6 is 11.8 Å². The molecule has 0 spiro atoms. The Labute approximate surface area is 131 Å². The van der Waals surface area contributed by atoms with Crippen LogP contribution in [0.25, 0.3) is 0 Å². The summed E-state index contributed by atoms with van der Waals surface area (Å²) in [7, 11) is 0. The Bertz CT molecular complexity index is 610. The van der Waals surface area contributed by atoms with Gasteiger partial charge in [-0.25, -0.2) is 4.39 Å². The van der Waals surface area contributed by atoms with E-state index in [1.165, 1.54) is 22.9 Å². The van der Waals surface area contributed by atoms with Crippen molar-refractivity contribution in [2.45, 2.75) is 43.5 Å². The van der Waals surface area contributed by atoms with Crippen LogP contribution < -0.4 is 5.32 Å². The highest BCUT2D eigenvalue weighted by molar-refractivity contribution is 7.99. The maximum absolute atomic E-state index is 14.2. The van der Waals surface area contributed by atoms with Crippen LogP contribution in [0.15, 0.2) is 46.2 Å². The van der Waals surface area contributed by atoms with Crippen LogP contribution in [-0.2, 0) is 6.54 Å². The number of benzene rings is 2. The Hall–Kier alpha value is -1.32. The van der Waals surface area contributed by atoms with Gasteiger partial charge in [-0.15, -0.1) is 0 Å².